The van der Waals surface area contributed by atoms with Gasteiger partial charge in [0, 0.05) is 18.0 Å². The number of carbonyl (C=O) groups is 2. The lowest BCUT2D eigenvalue weighted by Crippen LogP contribution is -2.26. The molecule has 1 aromatic carbocycles. The Bertz CT molecular complexity index is 484. The zero-order valence-corrected chi connectivity index (χ0v) is 11.4. The number of nitrogens with one attached hydrogen (secondary N) is 1. The number of carbonyl (C=O) groups excluding carboxylic acids is 2. The van der Waals surface area contributed by atoms with Gasteiger partial charge in [-0.15, -0.1) is 0 Å². The topological polar surface area (TPSA) is 66.4 Å². The average molecular weight is 261 g/mol. The molecule has 1 rings (SSSR count). The fraction of sp³-hybridized carbons (Fsp3) is 0.333. The monoisotopic (exact) mass is 261 g/mol. The summed E-state index contributed by atoms with van der Waals surface area (Å²) in [5, 5.41) is 12.1. The summed E-state index contributed by atoms with van der Waals surface area (Å²) in [5.41, 5.74) is 0.305. The van der Waals surface area contributed by atoms with E-state index in [4.69, 9.17) is 0 Å². The maximum absolute atomic E-state index is 11.6. The van der Waals surface area contributed by atoms with Crippen LogP contribution in [0.4, 0.5) is 0 Å². The van der Waals surface area contributed by atoms with E-state index in [1.807, 2.05) is 30.3 Å². The minimum absolute atomic E-state index is 0.292. The molecule has 0 fully saturated rings. The van der Waals surface area contributed by atoms with Gasteiger partial charge < -0.3 is 10.4 Å². The second-order valence-corrected chi connectivity index (χ2v) is 5.31. The summed E-state index contributed by atoms with van der Waals surface area (Å²) in [7, 11) is 0. The molecular weight excluding hydrogens is 242 g/mol. The first-order valence-corrected chi connectivity index (χ1v) is 6.08. The first-order valence-electron chi connectivity index (χ1n) is 6.08. The van der Waals surface area contributed by atoms with E-state index >= 15 is 0 Å². The van der Waals surface area contributed by atoms with Crippen molar-refractivity contribution in [3.63, 3.8) is 0 Å². The van der Waals surface area contributed by atoms with E-state index in [-0.39, 0.29) is 5.78 Å². The van der Waals surface area contributed by atoms with E-state index in [0.29, 0.717) is 6.54 Å². The van der Waals surface area contributed by atoms with Crippen molar-refractivity contribution in [2.75, 3.05) is 0 Å². The van der Waals surface area contributed by atoms with E-state index in [0.717, 1.165) is 11.6 Å². The number of ketones is 1. The van der Waals surface area contributed by atoms with Crippen molar-refractivity contribution in [3.05, 3.63) is 47.7 Å². The Balaban J connectivity index is 2.59. The van der Waals surface area contributed by atoms with Gasteiger partial charge in [0.25, 0.3) is 5.91 Å². The summed E-state index contributed by atoms with van der Waals surface area (Å²) < 4.78 is 0. The Kier molecular flexibility index (Phi) is 4.87. The predicted molar refractivity (Wildman–Crippen MR) is 73.5 cm³/mol. The molecule has 2 N–H and O–H groups in total. The number of aliphatic hydroxyl groups is 1. The maximum atomic E-state index is 11.6. The van der Waals surface area contributed by atoms with Crippen LogP contribution in [0.2, 0.25) is 0 Å². The highest BCUT2D eigenvalue weighted by atomic mass is 16.3. The normalized spacial score (nSPS) is 12.1. The van der Waals surface area contributed by atoms with Crippen LogP contribution in [0, 0.1) is 5.41 Å². The maximum Gasteiger partial charge on any atom is 0.286 e. The molecule has 0 saturated heterocycles. The number of benzene rings is 1. The van der Waals surface area contributed by atoms with Gasteiger partial charge in [0.15, 0.2) is 11.5 Å². The quantitative estimate of drug-likeness (QED) is 0.646. The number of aliphatic hydroxyl groups excluding tert-OH is 1. The molecule has 0 saturated carbocycles. The standard InChI is InChI=1S/C15H19NO3/c1-15(2,3)13(18)9-12(17)14(19)16-10-11-7-5-4-6-8-11/h4-9,17H,10H2,1-3H3,(H,16,19)/b12-9+. The van der Waals surface area contributed by atoms with Gasteiger partial charge in [0.1, 0.15) is 0 Å². The van der Waals surface area contributed by atoms with Gasteiger partial charge in [0.05, 0.1) is 0 Å². The molecular formula is C15H19NO3. The molecule has 1 amide bonds. The number of rotatable bonds is 4. The molecule has 0 aliphatic carbocycles. The van der Waals surface area contributed by atoms with Crippen LogP contribution in [0.25, 0.3) is 0 Å². The summed E-state index contributed by atoms with van der Waals surface area (Å²) in [4.78, 5) is 23.2. The number of hydrogen-bond acceptors (Lipinski definition) is 3. The van der Waals surface area contributed by atoms with Gasteiger partial charge >= 0.3 is 0 Å². The fourth-order valence-corrected chi connectivity index (χ4v) is 1.27. The van der Waals surface area contributed by atoms with Gasteiger partial charge in [-0.25, -0.2) is 0 Å². The van der Waals surface area contributed by atoms with E-state index in [9.17, 15) is 14.7 Å². The van der Waals surface area contributed by atoms with Crippen LogP contribution < -0.4 is 5.32 Å². The number of allylic oxidation sites excluding steroid dienone is 1. The van der Waals surface area contributed by atoms with Gasteiger partial charge in [-0.3, -0.25) is 9.59 Å². The van der Waals surface area contributed by atoms with E-state index in [1.54, 1.807) is 20.8 Å². The Morgan fingerprint density at radius 3 is 2.32 bits per heavy atom. The van der Waals surface area contributed by atoms with Crippen molar-refractivity contribution in [1.29, 1.82) is 0 Å². The van der Waals surface area contributed by atoms with Crippen LogP contribution in [0.3, 0.4) is 0 Å². The van der Waals surface area contributed by atoms with Crippen molar-refractivity contribution >= 4 is 11.7 Å². The van der Waals surface area contributed by atoms with Crippen molar-refractivity contribution in [2.45, 2.75) is 27.3 Å². The summed E-state index contributed by atoms with van der Waals surface area (Å²) >= 11 is 0. The highest BCUT2D eigenvalue weighted by molar-refractivity contribution is 6.01. The largest absolute Gasteiger partial charge is 0.503 e. The predicted octanol–water partition coefficient (Wildman–Crippen LogP) is 2.36. The van der Waals surface area contributed by atoms with Gasteiger partial charge in [-0.1, -0.05) is 51.1 Å². The van der Waals surface area contributed by atoms with Crippen molar-refractivity contribution in [3.8, 4) is 0 Å². The third-order valence-electron chi connectivity index (χ3n) is 2.54. The second-order valence-electron chi connectivity index (χ2n) is 5.31. The van der Waals surface area contributed by atoms with Gasteiger partial charge in [-0.2, -0.15) is 0 Å². The zero-order valence-electron chi connectivity index (χ0n) is 11.4. The first-order chi connectivity index (χ1) is 8.80. The highest BCUT2D eigenvalue weighted by Gasteiger charge is 2.21. The minimum Gasteiger partial charge on any atom is -0.503 e. The van der Waals surface area contributed by atoms with Crippen molar-refractivity contribution in [2.24, 2.45) is 5.41 Å². The number of amides is 1. The Morgan fingerprint density at radius 2 is 1.79 bits per heavy atom. The molecule has 0 atom stereocenters. The van der Waals surface area contributed by atoms with Crippen LogP contribution in [-0.4, -0.2) is 16.8 Å². The van der Waals surface area contributed by atoms with Crippen molar-refractivity contribution < 1.29 is 14.7 Å². The molecule has 0 aliphatic heterocycles. The van der Waals surface area contributed by atoms with Crippen LogP contribution >= 0.6 is 0 Å². The van der Waals surface area contributed by atoms with Gasteiger partial charge in [-0.05, 0) is 5.56 Å². The molecule has 102 valence electrons. The molecule has 0 aromatic heterocycles. The lowest BCUT2D eigenvalue weighted by atomic mass is 9.90. The van der Waals surface area contributed by atoms with E-state index in [2.05, 4.69) is 5.32 Å². The lowest BCUT2D eigenvalue weighted by molar-refractivity contribution is -0.123. The molecule has 0 radical (unpaired) electrons. The smallest absolute Gasteiger partial charge is 0.286 e. The average Bonchev–Trinajstić information content (AvgIpc) is 2.35. The van der Waals surface area contributed by atoms with Crippen LogP contribution in [0.15, 0.2) is 42.2 Å². The third-order valence-corrected chi connectivity index (χ3v) is 2.54. The molecule has 0 bridgehead atoms. The molecule has 0 heterocycles. The zero-order chi connectivity index (χ0) is 14.5. The molecule has 1 aromatic rings. The summed E-state index contributed by atoms with van der Waals surface area (Å²) in [6, 6.07) is 9.33. The number of hydrogen-bond donors (Lipinski definition) is 2. The molecule has 19 heavy (non-hydrogen) atoms. The summed E-state index contributed by atoms with van der Waals surface area (Å²) in [6.45, 7) is 5.48. The Morgan fingerprint density at radius 1 is 1.21 bits per heavy atom. The fourth-order valence-electron chi connectivity index (χ4n) is 1.27. The SMILES string of the molecule is CC(C)(C)C(=O)/C=C(/O)C(=O)NCc1ccccc1. The highest BCUT2D eigenvalue weighted by Crippen LogP contribution is 2.15. The molecule has 0 unspecified atom stereocenters. The molecule has 4 nitrogen and oxygen atoms in total. The van der Waals surface area contributed by atoms with Crippen LogP contribution in [0.5, 0.6) is 0 Å². The Hall–Kier alpha value is -2.10. The van der Waals surface area contributed by atoms with Gasteiger partial charge in [0.2, 0.25) is 0 Å². The molecule has 0 aliphatic rings. The Labute approximate surface area is 113 Å². The second kappa shape index (κ2) is 6.18. The molecule has 4 heteroatoms. The summed E-state index contributed by atoms with van der Waals surface area (Å²) in [6.07, 6.45) is 0.973. The van der Waals surface area contributed by atoms with E-state index < -0.39 is 17.1 Å². The van der Waals surface area contributed by atoms with E-state index in [1.165, 1.54) is 0 Å². The van der Waals surface area contributed by atoms with Crippen LogP contribution in [-0.2, 0) is 16.1 Å². The molecule has 0 spiro atoms. The van der Waals surface area contributed by atoms with Crippen molar-refractivity contribution in [1.82, 2.24) is 5.32 Å². The minimum atomic E-state index is -0.651. The third kappa shape index (κ3) is 4.95. The first kappa shape index (κ1) is 15.0. The lowest BCUT2D eigenvalue weighted by Gasteiger charge is -2.13. The summed E-state index contributed by atoms with van der Waals surface area (Å²) in [5.74, 6) is -1.50. The van der Waals surface area contributed by atoms with Crippen LogP contribution in [0.1, 0.15) is 26.3 Å².